The van der Waals surface area contributed by atoms with Crippen LogP contribution in [0.3, 0.4) is 0 Å². The number of hydrogen-bond acceptors (Lipinski definition) is 7. The Balaban J connectivity index is 1.59. The standard InChI is InChI=1S/C32H46N2O7Si/c1-32(2)15-8-7-10-22-11-9-12-25-24(22)19-26(33(25)3)31(38)41-23-18-27(30(37)39-16-17-42(4,5)6)34(20-23)28(35)13-14-29(36)40-21-32/h9,11-12,19,23,27H,7-8,10,13-18,20-21H2,1-6H3/t23-,27+/m1/s1. The van der Waals surface area contributed by atoms with Gasteiger partial charge in [-0.25, -0.2) is 9.59 Å². The van der Waals surface area contributed by atoms with Crippen molar-refractivity contribution >= 4 is 42.8 Å². The van der Waals surface area contributed by atoms with Crippen LogP contribution in [0, 0.1) is 5.41 Å². The van der Waals surface area contributed by atoms with Gasteiger partial charge in [0.1, 0.15) is 17.8 Å². The minimum atomic E-state index is -1.43. The molecular formula is C32H46N2O7Si. The molecule has 0 radical (unpaired) electrons. The Morgan fingerprint density at radius 1 is 1.10 bits per heavy atom. The fourth-order valence-corrected chi connectivity index (χ4v) is 6.39. The number of esters is 3. The second-order valence-electron chi connectivity index (χ2n) is 13.8. The van der Waals surface area contributed by atoms with Crippen LogP contribution in [0.2, 0.25) is 25.7 Å². The lowest BCUT2D eigenvalue weighted by atomic mass is 9.87. The van der Waals surface area contributed by atoms with Crippen LogP contribution in [-0.4, -0.2) is 73.3 Å². The molecule has 1 aromatic heterocycles. The zero-order valence-electron chi connectivity index (χ0n) is 26.0. The van der Waals surface area contributed by atoms with E-state index in [4.69, 9.17) is 14.2 Å². The van der Waals surface area contributed by atoms with Gasteiger partial charge in [-0.3, -0.25) is 9.59 Å². The predicted molar refractivity (Wildman–Crippen MR) is 163 cm³/mol. The second kappa shape index (κ2) is 13.0. The lowest BCUT2D eigenvalue weighted by molar-refractivity contribution is -0.154. The molecule has 4 rings (SSSR count). The molecule has 1 amide bonds. The van der Waals surface area contributed by atoms with Crippen molar-refractivity contribution in [3.63, 3.8) is 0 Å². The maximum Gasteiger partial charge on any atom is 0.355 e. The zero-order valence-corrected chi connectivity index (χ0v) is 27.0. The highest BCUT2D eigenvalue weighted by Gasteiger charge is 2.42. The van der Waals surface area contributed by atoms with E-state index in [2.05, 4.69) is 39.6 Å². The molecule has 0 saturated carbocycles. The van der Waals surface area contributed by atoms with Gasteiger partial charge in [0.2, 0.25) is 5.91 Å². The van der Waals surface area contributed by atoms with Gasteiger partial charge in [-0.15, -0.1) is 0 Å². The minimum absolute atomic E-state index is 0.0651. The van der Waals surface area contributed by atoms with Crippen molar-refractivity contribution in [2.24, 2.45) is 12.5 Å². The Bertz CT molecular complexity index is 1330. The Hall–Kier alpha value is -3.14. The number of ether oxygens (including phenoxy) is 3. The number of aryl methyl sites for hydroxylation is 2. The number of benzene rings is 1. The molecule has 4 bridgehead atoms. The number of carbonyl (C=O) groups is 4. The maximum atomic E-state index is 13.4. The molecule has 2 aliphatic rings. The third-order valence-corrected chi connectivity index (χ3v) is 10.0. The van der Waals surface area contributed by atoms with Crippen LogP contribution in [-0.2, 0) is 42.1 Å². The number of carbonyl (C=O) groups excluding carboxylic acids is 4. The van der Waals surface area contributed by atoms with Gasteiger partial charge in [-0.2, -0.15) is 0 Å². The summed E-state index contributed by atoms with van der Waals surface area (Å²) < 4.78 is 18.9. The lowest BCUT2D eigenvalue weighted by Gasteiger charge is -2.25. The van der Waals surface area contributed by atoms with Crippen LogP contribution >= 0.6 is 0 Å². The lowest BCUT2D eigenvalue weighted by Crippen LogP contribution is -2.42. The van der Waals surface area contributed by atoms with Crippen molar-refractivity contribution in [2.45, 2.75) is 96.6 Å². The van der Waals surface area contributed by atoms with E-state index in [1.54, 1.807) is 0 Å². The zero-order chi connectivity index (χ0) is 30.7. The van der Waals surface area contributed by atoms with Gasteiger partial charge in [0.15, 0.2) is 0 Å². The molecule has 9 nitrogen and oxygen atoms in total. The first-order valence-corrected chi connectivity index (χ1v) is 18.8. The number of hydrogen-bond donors (Lipinski definition) is 0. The molecule has 1 fully saturated rings. The van der Waals surface area contributed by atoms with Gasteiger partial charge in [0.05, 0.1) is 26.2 Å². The Kier molecular flexibility index (Phi) is 9.85. The highest BCUT2D eigenvalue weighted by Crippen LogP contribution is 2.29. The molecule has 0 unspecified atom stereocenters. The molecule has 0 N–H and O–H groups in total. The first-order valence-electron chi connectivity index (χ1n) is 15.1. The molecule has 2 atom stereocenters. The van der Waals surface area contributed by atoms with Crippen LogP contribution in [0.4, 0.5) is 0 Å². The number of cyclic esters (lactones) is 1. The second-order valence-corrected chi connectivity index (χ2v) is 19.4. The summed E-state index contributed by atoms with van der Waals surface area (Å²) in [6.07, 6.45) is 2.99. The summed E-state index contributed by atoms with van der Waals surface area (Å²) in [4.78, 5) is 53.8. The summed E-state index contributed by atoms with van der Waals surface area (Å²) in [5.74, 6) is -1.80. The van der Waals surface area contributed by atoms with Gasteiger partial charge in [-0.1, -0.05) is 52.0 Å². The topological polar surface area (TPSA) is 104 Å². The normalized spacial score (nSPS) is 22.6. The van der Waals surface area contributed by atoms with E-state index in [0.717, 1.165) is 42.6 Å². The summed E-state index contributed by atoms with van der Waals surface area (Å²) in [6.45, 7) is 11.4. The summed E-state index contributed by atoms with van der Waals surface area (Å²) in [6, 6.07) is 7.91. The maximum absolute atomic E-state index is 13.4. The van der Waals surface area contributed by atoms with Crippen molar-refractivity contribution in [2.75, 3.05) is 19.8 Å². The smallest absolute Gasteiger partial charge is 0.355 e. The first-order chi connectivity index (χ1) is 19.7. The molecule has 0 spiro atoms. The Labute approximate surface area is 249 Å². The third-order valence-electron chi connectivity index (χ3n) is 8.33. The summed E-state index contributed by atoms with van der Waals surface area (Å²) in [5, 5.41) is 1.02. The number of amides is 1. The summed E-state index contributed by atoms with van der Waals surface area (Å²) >= 11 is 0. The minimum Gasteiger partial charge on any atom is -0.465 e. The molecule has 42 heavy (non-hydrogen) atoms. The molecular weight excluding hydrogens is 552 g/mol. The summed E-state index contributed by atoms with van der Waals surface area (Å²) in [5.41, 5.74) is 2.35. The SMILES string of the molecule is Cn1c2cc3c(cccc31)CCCCC(C)(C)COC(=O)CCC(=O)N1C[C@@H](C[C@H]1C(=O)OCC[Si](C)(C)C)OC2=O. The largest absolute Gasteiger partial charge is 0.465 e. The molecule has 1 aromatic carbocycles. The molecule has 1 saturated heterocycles. The number of aromatic nitrogens is 1. The average Bonchev–Trinajstić information content (AvgIpc) is 3.49. The van der Waals surface area contributed by atoms with Crippen molar-refractivity contribution in [3.8, 4) is 0 Å². The summed E-state index contributed by atoms with van der Waals surface area (Å²) in [7, 11) is 0.420. The number of rotatable bonds is 4. The highest BCUT2D eigenvalue weighted by molar-refractivity contribution is 6.76. The van der Waals surface area contributed by atoms with E-state index in [0.29, 0.717) is 5.69 Å². The van der Waals surface area contributed by atoms with Crippen LogP contribution in [0.25, 0.3) is 10.9 Å². The van der Waals surface area contributed by atoms with Gasteiger partial charge >= 0.3 is 17.9 Å². The van der Waals surface area contributed by atoms with Crippen LogP contribution in [0.15, 0.2) is 24.3 Å². The van der Waals surface area contributed by atoms with Gasteiger partial charge in [0, 0.05) is 38.9 Å². The van der Waals surface area contributed by atoms with E-state index in [9.17, 15) is 19.2 Å². The fraction of sp³-hybridized carbons (Fsp3) is 0.625. The van der Waals surface area contributed by atoms with E-state index in [1.807, 2.05) is 29.8 Å². The Morgan fingerprint density at radius 2 is 1.86 bits per heavy atom. The highest BCUT2D eigenvalue weighted by atomic mass is 28.3. The van der Waals surface area contributed by atoms with Crippen molar-refractivity contribution in [3.05, 3.63) is 35.5 Å². The monoisotopic (exact) mass is 598 g/mol. The van der Waals surface area contributed by atoms with Crippen molar-refractivity contribution < 1.29 is 33.4 Å². The van der Waals surface area contributed by atoms with E-state index < -0.39 is 38.1 Å². The molecule has 0 aliphatic carbocycles. The number of nitrogens with zero attached hydrogens (tertiary/aromatic N) is 2. The number of fused-ring (bicyclic) bond motifs is 3. The van der Waals surface area contributed by atoms with Gasteiger partial charge < -0.3 is 23.7 Å². The van der Waals surface area contributed by atoms with Crippen molar-refractivity contribution in [1.82, 2.24) is 9.47 Å². The van der Waals surface area contributed by atoms with Crippen molar-refractivity contribution in [1.29, 1.82) is 0 Å². The molecule has 3 heterocycles. The van der Waals surface area contributed by atoms with Crippen LogP contribution in [0.5, 0.6) is 0 Å². The quantitative estimate of drug-likeness (QED) is 0.269. The molecule has 230 valence electrons. The first kappa shape index (κ1) is 31.8. The molecule has 10 heteroatoms. The average molecular weight is 599 g/mol. The predicted octanol–water partition coefficient (Wildman–Crippen LogP) is 5.26. The third kappa shape index (κ3) is 8.02. The van der Waals surface area contributed by atoms with Gasteiger partial charge in [-0.05, 0) is 48.4 Å². The van der Waals surface area contributed by atoms with E-state index in [1.165, 1.54) is 10.5 Å². The van der Waals surface area contributed by atoms with Crippen LogP contribution < -0.4 is 0 Å². The van der Waals surface area contributed by atoms with Crippen LogP contribution in [0.1, 0.15) is 68.4 Å². The Morgan fingerprint density at radius 3 is 2.60 bits per heavy atom. The van der Waals surface area contributed by atoms with Gasteiger partial charge in [0.25, 0.3) is 0 Å². The molecule has 2 aromatic rings. The van der Waals surface area contributed by atoms with E-state index in [-0.39, 0.29) is 50.3 Å². The molecule has 2 aliphatic heterocycles. The fourth-order valence-electron chi connectivity index (χ4n) is 5.68. The van der Waals surface area contributed by atoms with E-state index >= 15 is 0 Å².